The van der Waals surface area contributed by atoms with Crippen molar-refractivity contribution in [2.75, 3.05) is 0 Å². The lowest BCUT2D eigenvalue weighted by atomic mass is 10.0. The van der Waals surface area contributed by atoms with Crippen LogP contribution in [0.3, 0.4) is 0 Å². The highest BCUT2D eigenvalue weighted by molar-refractivity contribution is 5.99. The maximum atomic E-state index is 12.9. The normalized spacial score (nSPS) is 14.3. The maximum absolute atomic E-state index is 12.9. The molecule has 1 rings (SSSR count). The molecule has 21 heavy (non-hydrogen) atoms. The van der Waals surface area contributed by atoms with Crippen molar-refractivity contribution in [1.82, 2.24) is 0 Å². The standard InChI is InChI=1S/C14H19F3N2O2/c1-8(2)6-9(3)21-10-4-5-12(14(15,16)17)11(7-10)13(18)19-20/h4-5,7-9,20H,6H2,1-3H3,(H2,18,19). The summed E-state index contributed by atoms with van der Waals surface area (Å²) in [4.78, 5) is 0. The highest BCUT2D eigenvalue weighted by Crippen LogP contribution is 2.34. The van der Waals surface area contributed by atoms with Gasteiger partial charge in [0.25, 0.3) is 0 Å². The van der Waals surface area contributed by atoms with Gasteiger partial charge in [0.2, 0.25) is 0 Å². The summed E-state index contributed by atoms with van der Waals surface area (Å²) in [6.45, 7) is 5.88. The van der Waals surface area contributed by atoms with Crippen LogP contribution in [0.25, 0.3) is 0 Å². The first-order chi connectivity index (χ1) is 9.65. The number of rotatable bonds is 5. The molecule has 0 aromatic heterocycles. The molecule has 0 bridgehead atoms. The van der Waals surface area contributed by atoms with E-state index in [1.165, 1.54) is 6.07 Å². The monoisotopic (exact) mass is 304 g/mol. The van der Waals surface area contributed by atoms with Crippen molar-refractivity contribution < 1.29 is 23.1 Å². The number of nitrogens with zero attached hydrogens (tertiary/aromatic N) is 1. The van der Waals surface area contributed by atoms with E-state index in [1.54, 1.807) is 0 Å². The van der Waals surface area contributed by atoms with Gasteiger partial charge in [-0.05, 0) is 37.5 Å². The van der Waals surface area contributed by atoms with Crippen LogP contribution in [0.1, 0.15) is 38.3 Å². The van der Waals surface area contributed by atoms with E-state index in [0.717, 1.165) is 18.6 Å². The minimum atomic E-state index is -4.59. The van der Waals surface area contributed by atoms with Gasteiger partial charge in [0.05, 0.1) is 11.7 Å². The number of ether oxygens (including phenoxy) is 1. The van der Waals surface area contributed by atoms with Gasteiger partial charge in [-0.3, -0.25) is 0 Å². The zero-order chi connectivity index (χ0) is 16.2. The Kier molecular flexibility index (Phi) is 5.46. The van der Waals surface area contributed by atoms with Crippen molar-refractivity contribution in [3.8, 4) is 5.75 Å². The van der Waals surface area contributed by atoms with Crippen molar-refractivity contribution in [3.63, 3.8) is 0 Å². The maximum Gasteiger partial charge on any atom is 0.417 e. The predicted octanol–water partition coefficient (Wildman–Crippen LogP) is 3.61. The lowest BCUT2D eigenvalue weighted by molar-refractivity contribution is -0.137. The Morgan fingerprint density at radius 1 is 1.33 bits per heavy atom. The van der Waals surface area contributed by atoms with Gasteiger partial charge in [0.1, 0.15) is 5.75 Å². The van der Waals surface area contributed by atoms with Gasteiger partial charge >= 0.3 is 6.18 Å². The Morgan fingerprint density at radius 3 is 2.43 bits per heavy atom. The molecule has 0 aliphatic heterocycles. The van der Waals surface area contributed by atoms with E-state index in [1.807, 2.05) is 20.8 Å². The summed E-state index contributed by atoms with van der Waals surface area (Å²) in [5.74, 6) is 0.0417. The van der Waals surface area contributed by atoms with Crippen LogP contribution in [-0.2, 0) is 6.18 Å². The molecular formula is C14H19F3N2O2. The van der Waals surface area contributed by atoms with E-state index in [9.17, 15) is 13.2 Å². The Hall–Kier alpha value is -1.92. The molecule has 1 aromatic rings. The SMILES string of the molecule is CC(C)CC(C)Oc1ccc(C(F)(F)F)c(/C(N)=N/O)c1. The number of alkyl halides is 3. The summed E-state index contributed by atoms with van der Waals surface area (Å²) < 4.78 is 44.2. The van der Waals surface area contributed by atoms with Crippen molar-refractivity contribution >= 4 is 5.84 Å². The molecule has 1 aromatic carbocycles. The number of oxime groups is 1. The van der Waals surface area contributed by atoms with Crippen LogP contribution in [-0.4, -0.2) is 17.1 Å². The molecule has 0 radical (unpaired) electrons. The van der Waals surface area contributed by atoms with Gasteiger partial charge < -0.3 is 15.7 Å². The molecule has 3 N–H and O–H groups in total. The molecule has 7 heteroatoms. The first kappa shape index (κ1) is 17.1. The average Bonchev–Trinajstić information content (AvgIpc) is 2.35. The van der Waals surface area contributed by atoms with E-state index in [4.69, 9.17) is 15.7 Å². The first-order valence-corrected chi connectivity index (χ1v) is 6.51. The number of hydrogen-bond donors (Lipinski definition) is 2. The third-order valence-corrected chi connectivity index (χ3v) is 2.82. The molecule has 0 fully saturated rings. The van der Waals surface area contributed by atoms with Gasteiger partial charge in [-0.25, -0.2) is 0 Å². The average molecular weight is 304 g/mol. The van der Waals surface area contributed by atoms with Crippen molar-refractivity contribution in [2.24, 2.45) is 16.8 Å². The van der Waals surface area contributed by atoms with Crippen molar-refractivity contribution in [3.05, 3.63) is 29.3 Å². The molecule has 0 aliphatic rings. The van der Waals surface area contributed by atoms with Crippen LogP contribution >= 0.6 is 0 Å². The second-order valence-corrected chi connectivity index (χ2v) is 5.25. The molecule has 0 spiro atoms. The van der Waals surface area contributed by atoms with Crippen LogP contribution < -0.4 is 10.5 Å². The number of nitrogens with two attached hydrogens (primary N) is 1. The van der Waals surface area contributed by atoms with Crippen LogP contribution in [0.5, 0.6) is 5.75 Å². The van der Waals surface area contributed by atoms with E-state index < -0.39 is 23.1 Å². The van der Waals surface area contributed by atoms with Crippen molar-refractivity contribution in [2.45, 2.75) is 39.5 Å². The number of halogens is 3. The van der Waals surface area contributed by atoms with E-state index in [2.05, 4.69) is 5.16 Å². The molecule has 1 atom stereocenters. The third-order valence-electron chi connectivity index (χ3n) is 2.82. The van der Waals surface area contributed by atoms with Gasteiger partial charge in [-0.1, -0.05) is 19.0 Å². The van der Waals surface area contributed by atoms with Crippen LogP contribution in [0, 0.1) is 5.92 Å². The predicted molar refractivity (Wildman–Crippen MR) is 73.5 cm³/mol. The summed E-state index contributed by atoms with van der Waals surface area (Å²) >= 11 is 0. The quantitative estimate of drug-likeness (QED) is 0.378. The summed E-state index contributed by atoms with van der Waals surface area (Å²) in [7, 11) is 0. The highest BCUT2D eigenvalue weighted by atomic mass is 19.4. The second kappa shape index (κ2) is 6.69. The van der Waals surface area contributed by atoms with Gasteiger partial charge in [-0.2, -0.15) is 13.2 Å². The molecule has 118 valence electrons. The smallest absolute Gasteiger partial charge is 0.417 e. The fourth-order valence-electron chi connectivity index (χ4n) is 2.05. The lowest BCUT2D eigenvalue weighted by Crippen LogP contribution is -2.21. The Bertz CT molecular complexity index is 513. The third kappa shape index (κ3) is 4.84. The van der Waals surface area contributed by atoms with E-state index >= 15 is 0 Å². The number of hydrogen-bond acceptors (Lipinski definition) is 3. The van der Waals surface area contributed by atoms with Gasteiger partial charge in [0.15, 0.2) is 5.84 Å². The largest absolute Gasteiger partial charge is 0.491 e. The topological polar surface area (TPSA) is 67.8 Å². The highest BCUT2D eigenvalue weighted by Gasteiger charge is 2.34. The zero-order valence-electron chi connectivity index (χ0n) is 12.1. The Labute approximate surface area is 121 Å². The Balaban J connectivity index is 3.11. The fourth-order valence-corrected chi connectivity index (χ4v) is 2.05. The second-order valence-electron chi connectivity index (χ2n) is 5.25. The fraction of sp³-hybridized carbons (Fsp3) is 0.500. The molecule has 1 unspecified atom stereocenters. The van der Waals surface area contributed by atoms with Gasteiger partial charge in [-0.15, -0.1) is 0 Å². The van der Waals surface area contributed by atoms with E-state index in [0.29, 0.717) is 5.92 Å². The first-order valence-electron chi connectivity index (χ1n) is 6.51. The Morgan fingerprint density at radius 2 is 1.95 bits per heavy atom. The summed E-state index contributed by atoms with van der Waals surface area (Å²) in [5.41, 5.74) is 3.94. The molecule has 0 saturated carbocycles. The minimum Gasteiger partial charge on any atom is -0.491 e. The van der Waals surface area contributed by atoms with Gasteiger partial charge in [0, 0.05) is 5.56 Å². The molecular weight excluding hydrogens is 285 g/mol. The number of amidine groups is 1. The summed E-state index contributed by atoms with van der Waals surface area (Å²) in [6, 6.07) is 3.23. The lowest BCUT2D eigenvalue weighted by Gasteiger charge is -2.18. The molecule has 4 nitrogen and oxygen atoms in total. The molecule has 0 aliphatic carbocycles. The van der Waals surface area contributed by atoms with E-state index in [-0.39, 0.29) is 11.9 Å². The molecule has 0 heterocycles. The summed E-state index contributed by atoms with van der Waals surface area (Å²) in [6.07, 6.45) is -3.98. The summed E-state index contributed by atoms with van der Waals surface area (Å²) in [5, 5.41) is 11.3. The van der Waals surface area contributed by atoms with Crippen molar-refractivity contribution in [1.29, 1.82) is 0 Å². The number of benzene rings is 1. The minimum absolute atomic E-state index is 0.151. The van der Waals surface area contributed by atoms with Crippen LogP contribution in [0.15, 0.2) is 23.4 Å². The molecule has 0 amide bonds. The zero-order valence-corrected chi connectivity index (χ0v) is 12.1. The van der Waals surface area contributed by atoms with Crippen LogP contribution in [0.2, 0.25) is 0 Å². The molecule has 0 saturated heterocycles. The van der Waals surface area contributed by atoms with Crippen LogP contribution in [0.4, 0.5) is 13.2 Å².